The van der Waals surface area contributed by atoms with Crippen molar-refractivity contribution in [2.45, 2.75) is 18.9 Å². The summed E-state index contributed by atoms with van der Waals surface area (Å²) in [6.07, 6.45) is 1.30. The summed E-state index contributed by atoms with van der Waals surface area (Å²) in [6.45, 7) is 0. The zero-order valence-corrected chi connectivity index (χ0v) is 10.1. The van der Waals surface area contributed by atoms with E-state index in [9.17, 15) is 4.79 Å². The van der Waals surface area contributed by atoms with Gasteiger partial charge in [0.25, 0.3) is 0 Å². The van der Waals surface area contributed by atoms with Gasteiger partial charge in [-0.15, -0.1) is 0 Å². The highest BCUT2D eigenvalue weighted by Gasteiger charge is 2.25. The van der Waals surface area contributed by atoms with E-state index in [-0.39, 0.29) is 11.8 Å². The van der Waals surface area contributed by atoms with Crippen molar-refractivity contribution in [3.8, 4) is 0 Å². The average Bonchev–Trinajstić information content (AvgIpc) is 2.41. The van der Waals surface area contributed by atoms with E-state index in [0.29, 0.717) is 6.42 Å². The number of rotatable bonds is 2. The molecule has 0 aliphatic carbocycles. The quantitative estimate of drug-likeness (QED) is 0.870. The highest BCUT2D eigenvalue weighted by atomic mass is 16.1. The molecular weight excluding hydrogens is 222 g/mol. The minimum Gasteiger partial charge on any atom is -0.375 e. The first kappa shape index (κ1) is 11.0. The van der Waals surface area contributed by atoms with E-state index in [1.807, 2.05) is 42.5 Å². The maximum absolute atomic E-state index is 12.1. The number of ketones is 1. The molecule has 0 saturated carbocycles. The van der Waals surface area contributed by atoms with Crippen LogP contribution in [0.1, 0.15) is 11.1 Å². The minimum atomic E-state index is -0.0951. The van der Waals surface area contributed by atoms with Crippen molar-refractivity contribution in [1.82, 2.24) is 0 Å². The van der Waals surface area contributed by atoms with Crippen LogP contribution in [0, 0.1) is 0 Å². The summed E-state index contributed by atoms with van der Waals surface area (Å²) in [7, 11) is 0. The van der Waals surface area contributed by atoms with Gasteiger partial charge in [-0.2, -0.15) is 0 Å². The third-order valence-electron chi connectivity index (χ3n) is 3.38. The second-order valence-electron chi connectivity index (χ2n) is 4.69. The average molecular weight is 237 g/mol. The molecule has 0 radical (unpaired) electrons. The van der Waals surface area contributed by atoms with Crippen LogP contribution in [0.3, 0.4) is 0 Å². The first-order valence-corrected chi connectivity index (χ1v) is 6.24. The molecule has 2 heteroatoms. The molecule has 0 fully saturated rings. The number of nitrogens with one attached hydrogen (secondary N) is 1. The van der Waals surface area contributed by atoms with Crippen molar-refractivity contribution in [2.24, 2.45) is 0 Å². The maximum Gasteiger partial charge on any atom is 0.159 e. The molecule has 0 spiro atoms. The summed E-state index contributed by atoms with van der Waals surface area (Å²) in [5, 5.41) is 3.35. The molecule has 2 nitrogen and oxygen atoms in total. The summed E-state index contributed by atoms with van der Waals surface area (Å²) < 4.78 is 0. The molecule has 1 heterocycles. The fraction of sp³-hybridized carbons (Fsp3) is 0.188. The molecule has 0 unspecified atom stereocenters. The van der Waals surface area contributed by atoms with Gasteiger partial charge in [-0.05, 0) is 23.6 Å². The highest BCUT2D eigenvalue weighted by Crippen LogP contribution is 2.23. The Labute approximate surface area is 107 Å². The fourth-order valence-electron chi connectivity index (χ4n) is 2.41. The summed E-state index contributed by atoms with van der Waals surface area (Å²) >= 11 is 0. The van der Waals surface area contributed by atoms with E-state index in [1.54, 1.807) is 0 Å². The van der Waals surface area contributed by atoms with Gasteiger partial charge in [-0.3, -0.25) is 4.79 Å². The summed E-state index contributed by atoms with van der Waals surface area (Å²) in [5.74, 6) is 0.276. The monoisotopic (exact) mass is 237 g/mol. The van der Waals surface area contributed by atoms with Crippen molar-refractivity contribution >= 4 is 11.5 Å². The van der Waals surface area contributed by atoms with Crippen molar-refractivity contribution in [2.75, 3.05) is 5.32 Å². The van der Waals surface area contributed by atoms with E-state index in [2.05, 4.69) is 17.4 Å². The van der Waals surface area contributed by atoms with Gasteiger partial charge in [0.05, 0.1) is 6.04 Å². The van der Waals surface area contributed by atoms with Crippen LogP contribution in [0.25, 0.3) is 0 Å². The van der Waals surface area contributed by atoms with Crippen LogP contribution in [0.4, 0.5) is 5.69 Å². The normalized spacial score (nSPS) is 18.0. The van der Waals surface area contributed by atoms with Crippen molar-refractivity contribution in [1.29, 1.82) is 0 Å². The lowest BCUT2D eigenvalue weighted by Crippen LogP contribution is -2.37. The Morgan fingerprint density at radius 2 is 1.72 bits per heavy atom. The van der Waals surface area contributed by atoms with Crippen LogP contribution >= 0.6 is 0 Å². The van der Waals surface area contributed by atoms with Gasteiger partial charge in [0, 0.05) is 12.1 Å². The predicted octanol–water partition coefficient (Wildman–Crippen LogP) is 2.84. The molecule has 2 aromatic carbocycles. The first-order valence-electron chi connectivity index (χ1n) is 6.24. The summed E-state index contributed by atoms with van der Waals surface area (Å²) in [6, 6.07) is 18.1. The number of carbonyl (C=O) groups is 1. The molecule has 0 bridgehead atoms. The molecule has 0 aromatic heterocycles. The third kappa shape index (κ3) is 2.14. The Kier molecular flexibility index (Phi) is 2.85. The Morgan fingerprint density at radius 3 is 2.56 bits per heavy atom. The Morgan fingerprint density at radius 1 is 1.00 bits per heavy atom. The van der Waals surface area contributed by atoms with Crippen molar-refractivity contribution in [3.05, 3.63) is 65.7 Å². The molecule has 3 rings (SSSR count). The van der Waals surface area contributed by atoms with Crippen LogP contribution in [-0.2, 0) is 17.6 Å². The van der Waals surface area contributed by atoms with Crippen molar-refractivity contribution < 1.29 is 4.79 Å². The predicted molar refractivity (Wildman–Crippen MR) is 72.7 cm³/mol. The number of carbonyl (C=O) groups excluding carboxylic acids is 1. The second-order valence-corrected chi connectivity index (χ2v) is 4.69. The van der Waals surface area contributed by atoms with Gasteiger partial charge < -0.3 is 5.32 Å². The largest absolute Gasteiger partial charge is 0.375 e. The Bertz CT molecular complexity index is 562. The lowest BCUT2D eigenvalue weighted by molar-refractivity contribution is -0.119. The van der Waals surface area contributed by atoms with Gasteiger partial charge >= 0.3 is 0 Å². The van der Waals surface area contributed by atoms with E-state index in [0.717, 1.165) is 17.7 Å². The van der Waals surface area contributed by atoms with Gasteiger partial charge in [0.2, 0.25) is 0 Å². The van der Waals surface area contributed by atoms with Crippen LogP contribution < -0.4 is 5.32 Å². The molecule has 0 amide bonds. The van der Waals surface area contributed by atoms with Crippen LogP contribution in [0.5, 0.6) is 0 Å². The molecule has 1 aliphatic heterocycles. The molecule has 1 N–H and O–H groups in total. The zero-order valence-electron chi connectivity index (χ0n) is 10.1. The zero-order chi connectivity index (χ0) is 12.4. The highest BCUT2D eigenvalue weighted by molar-refractivity contribution is 5.92. The van der Waals surface area contributed by atoms with Crippen LogP contribution in [0.2, 0.25) is 0 Å². The lowest BCUT2D eigenvalue weighted by Gasteiger charge is -2.25. The fourth-order valence-corrected chi connectivity index (χ4v) is 2.41. The Hall–Kier alpha value is -2.09. The Balaban J connectivity index is 1.81. The first-order chi connectivity index (χ1) is 8.83. The van der Waals surface area contributed by atoms with Gasteiger partial charge in [0.15, 0.2) is 5.78 Å². The standard InChI is InChI=1S/C16H15NO/c18-16-11-13-8-4-5-9-14(13)17-15(16)10-12-6-2-1-3-7-12/h1-9,15,17H,10-11H2/t15-/m0/s1. The van der Waals surface area contributed by atoms with E-state index < -0.39 is 0 Å². The molecule has 2 aromatic rings. The molecule has 18 heavy (non-hydrogen) atoms. The van der Waals surface area contributed by atoms with Gasteiger partial charge in [-0.1, -0.05) is 48.5 Å². The topological polar surface area (TPSA) is 29.1 Å². The number of fused-ring (bicyclic) bond motifs is 1. The summed E-state index contributed by atoms with van der Waals surface area (Å²) in [5.41, 5.74) is 3.40. The molecule has 1 aliphatic rings. The number of para-hydroxylation sites is 1. The van der Waals surface area contributed by atoms with Crippen LogP contribution in [-0.4, -0.2) is 11.8 Å². The second kappa shape index (κ2) is 4.65. The number of hydrogen-bond acceptors (Lipinski definition) is 2. The number of Topliss-reactive ketones (excluding diaryl/α,β-unsaturated/α-hetero) is 1. The SMILES string of the molecule is O=C1Cc2ccccc2N[C@H]1Cc1ccccc1. The molecule has 1 atom stereocenters. The summed E-state index contributed by atoms with van der Waals surface area (Å²) in [4.78, 5) is 12.1. The maximum atomic E-state index is 12.1. The van der Waals surface area contributed by atoms with E-state index in [1.165, 1.54) is 5.56 Å². The molecule has 90 valence electrons. The van der Waals surface area contributed by atoms with Gasteiger partial charge in [0.1, 0.15) is 0 Å². The lowest BCUT2D eigenvalue weighted by atomic mass is 9.93. The number of hydrogen-bond donors (Lipinski definition) is 1. The molecule has 0 saturated heterocycles. The van der Waals surface area contributed by atoms with E-state index in [4.69, 9.17) is 0 Å². The molecular formula is C16H15NO. The minimum absolute atomic E-state index is 0.0951. The van der Waals surface area contributed by atoms with Crippen molar-refractivity contribution in [3.63, 3.8) is 0 Å². The van der Waals surface area contributed by atoms with E-state index >= 15 is 0 Å². The third-order valence-corrected chi connectivity index (χ3v) is 3.38. The number of anilines is 1. The smallest absolute Gasteiger partial charge is 0.159 e. The number of benzene rings is 2. The van der Waals surface area contributed by atoms with Crippen LogP contribution in [0.15, 0.2) is 54.6 Å². The van der Waals surface area contributed by atoms with Gasteiger partial charge in [-0.25, -0.2) is 0 Å².